The molecule has 0 radical (unpaired) electrons. The van der Waals surface area contributed by atoms with Crippen LogP contribution in [-0.4, -0.2) is 6.79 Å². The van der Waals surface area contributed by atoms with E-state index in [9.17, 15) is 4.79 Å². The highest BCUT2D eigenvalue weighted by molar-refractivity contribution is 5.84. The van der Waals surface area contributed by atoms with Gasteiger partial charge in [0, 0.05) is 17.5 Å². The Hall–Kier alpha value is -1.97. The number of benzene rings is 1. The van der Waals surface area contributed by atoms with Gasteiger partial charge in [-0.05, 0) is 18.1 Å². The van der Waals surface area contributed by atoms with Crippen LogP contribution in [0.5, 0.6) is 11.5 Å². The maximum atomic E-state index is 11.4. The Balaban J connectivity index is 2.30. The maximum absolute atomic E-state index is 11.4. The molecular weight excluding hydrogens is 220 g/mol. The van der Waals surface area contributed by atoms with Crippen molar-refractivity contribution in [2.24, 2.45) is 0 Å². The number of aryl methyl sites for hydroxylation is 1. The van der Waals surface area contributed by atoms with Gasteiger partial charge in [-0.3, -0.25) is 0 Å². The average Bonchev–Trinajstić information content (AvgIpc) is 2.73. The van der Waals surface area contributed by atoms with Gasteiger partial charge in [-0.15, -0.1) is 0 Å². The predicted molar refractivity (Wildman–Crippen MR) is 62.6 cm³/mol. The second-order valence-electron chi connectivity index (χ2n) is 4.04. The Labute approximate surface area is 97.8 Å². The van der Waals surface area contributed by atoms with Gasteiger partial charge in [-0.1, -0.05) is 13.3 Å². The van der Waals surface area contributed by atoms with Crippen LogP contribution in [0.2, 0.25) is 0 Å². The molecule has 17 heavy (non-hydrogen) atoms. The van der Waals surface area contributed by atoms with Crippen molar-refractivity contribution in [2.45, 2.75) is 19.8 Å². The summed E-state index contributed by atoms with van der Waals surface area (Å²) in [6, 6.07) is 5.15. The lowest BCUT2D eigenvalue weighted by Gasteiger charge is -2.05. The van der Waals surface area contributed by atoms with Crippen LogP contribution in [0.3, 0.4) is 0 Å². The lowest BCUT2D eigenvalue weighted by atomic mass is 10.1. The van der Waals surface area contributed by atoms with Crippen molar-refractivity contribution in [1.82, 2.24) is 0 Å². The zero-order chi connectivity index (χ0) is 11.8. The average molecular weight is 232 g/mol. The van der Waals surface area contributed by atoms with Gasteiger partial charge in [0.25, 0.3) is 0 Å². The highest BCUT2D eigenvalue weighted by atomic mass is 16.7. The van der Waals surface area contributed by atoms with Gasteiger partial charge in [-0.2, -0.15) is 0 Å². The first kappa shape index (κ1) is 10.2. The first-order valence-electron chi connectivity index (χ1n) is 5.64. The molecule has 2 aromatic rings. The van der Waals surface area contributed by atoms with E-state index in [1.807, 2.05) is 6.07 Å². The van der Waals surface area contributed by atoms with E-state index in [-0.39, 0.29) is 12.4 Å². The molecule has 1 aromatic heterocycles. The molecule has 0 amide bonds. The van der Waals surface area contributed by atoms with Gasteiger partial charge >= 0.3 is 5.63 Å². The lowest BCUT2D eigenvalue weighted by Crippen LogP contribution is -2.00. The van der Waals surface area contributed by atoms with E-state index in [1.165, 1.54) is 0 Å². The van der Waals surface area contributed by atoms with Gasteiger partial charge in [0.05, 0.1) is 0 Å². The van der Waals surface area contributed by atoms with E-state index in [0.717, 1.165) is 23.8 Å². The van der Waals surface area contributed by atoms with E-state index in [4.69, 9.17) is 13.9 Å². The highest BCUT2D eigenvalue weighted by Crippen LogP contribution is 2.36. The molecule has 0 saturated heterocycles. The Morgan fingerprint density at radius 1 is 1.18 bits per heavy atom. The van der Waals surface area contributed by atoms with Crippen molar-refractivity contribution >= 4 is 11.0 Å². The van der Waals surface area contributed by atoms with Crippen LogP contribution < -0.4 is 15.1 Å². The summed E-state index contributed by atoms with van der Waals surface area (Å²) in [4.78, 5) is 11.4. The first-order chi connectivity index (χ1) is 8.28. The number of hydrogen-bond acceptors (Lipinski definition) is 4. The normalized spacial score (nSPS) is 13.2. The topological polar surface area (TPSA) is 48.7 Å². The summed E-state index contributed by atoms with van der Waals surface area (Å²) in [5, 5.41) is 0.927. The van der Waals surface area contributed by atoms with Gasteiger partial charge in [0.15, 0.2) is 11.5 Å². The molecule has 0 fully saturated rings. The standard InChI is InChI=1S/C13H12O4/c1-2-3-8-4-13(14)17-10-6-12-11(5-9(8)10)15-7-16-12/h4-6H,2-3,7H2,1H3. The summed E-state index contributed by atoms with van der Waals surface area (Å²) < 4.78 is 15.8. The van der Waals surface area contributed by atoms with Crippen LogP contribution in [0.4, 0.5) is 0 Å². The van der Waals surface area contributed by atoms with E-state index in [2.05, 4.69) is 6.92 Å². The molecule has 0 N–H and O–H groups in total. The van der Waals surface area contributed by atoms with Gasteiger partial charge in [0.2, 0.25) is 6.79 Å². The Morgan fingerprint density at radius 2 is 1.94 bits per heavy atom. The molecule has 0 saturated carbocycles. The molecule has 1 aromatic carbocycles. The van der Waals surface area contributed by atoms with Gasteiger partial charge in [0.1, 0.15) is 5.58 Å². The zero-order valence-corrected chi connectivity index (χ0v) is 9.49. The van der Waals surface area contributed by atoms with Crippen LogP contribution >= 0.6 is 0 Å². The third kappa shape index (κ3) is 1.65. The second-order valence-corrected chi connectivity index (χ2v) is 4.04. The van der Waals surface area contributed by atoms with Crippen molar-refractivity contribution in [3.63, 3.8) is 0 Å². The molecule has 0 spiro atoms. The molecule has 2 heterocycles. The number of hydrogen-bond donors (Lipinski definition) is 0. The summed E-state index contributed by atoms with van der Waals surface area (Å²) in [7, 11) is 0. The third-order valence-electron chi connectivity index (χ3n) is 2.84. The fraction of sp³-hybridized carbons (Fsp3) is 0.308. The van der Waals surface area contributed by atoms with Gasteiger partial charge < -0.3 is 13.9 Å². The fourth-order valence-electron chi connectivity index (χ4n) is 2.09. The summed E-state index contributed by atoms with van der Waals surface area (Å²) >= 11 is 0. The van der Waals surface area contributed by atoms with Crippen LogP contribution in [0, 0.1) is 0 Å². The molecule has 4 heteroatoms. The number of ether oxygens (including phenoxy) is 2. The largest absolute Gasteiger partial charge is 0.454 e. The van der Waals surface area contributed by atoms with Gasteiger partial charge in [-0.25, -0.2) is 4.79 Å². The van der Waals surface area contributed by atoms with E-state index < -0.39 is 0 Å². The first-order valence-corrected chi connectivity index (χ1v) is 5.64. The molecule has 1 aliphatic rings. The van der Waals surface area contributed by atoms with Crippen LogP contribution in [0.1, 0.15) is 18.9 Å². The minimum absolute atomic E-state index is 0.221. The zero-order valence-electron chi connectivity index (χ0n) is 9.49. The lowest BCUT2D eigenvalue weighted by molar-refractivity contribution is 0.174. The number of rotatable bonds is 2. The Kier molecular flexibility index (Phi) is 2.28. The summed E-state index contributed by atoms with van der Waals surface area (Å²) in [5.41, 5.74) is 1.24. The maximum Gasteiger partial charge on any atom is 0.336 e. The van der Waals surface area contributed by atoms with Crippen molar-refractivity contribution in [3.05, 3.63) is 34.2 Å². The van der Waals surface area contributed by atoms with E-state index >= 15 is 0 Å². The molecular formula is C13H12O4. The van der Waals surface area contributed by atoms with Crippen molar-refractivity contribution in [1.29, 1.82) is 0 Å². The second kappa shape index (κ2) is 3.80. The van der Waals surface area contributed by atoms with Crippen molar-refractivity contribution in [3.8, 4) is 11.5 Å². The summed E-state index contributed by atoms with van der Waals surface area (Å²) in [6.45, 7) is 2.30. The Bertz CT molecular complexity index is 627. The summed E-state index contributed by atoms with van der Waals surface area (Å²) in [5.74, 6) is 1.35. The van der Waals surface area contributed by atoms with Crippen LogP contribution in [0.25, 0.3) is 11.0 Å². The Morgan fingerprint density at radius 3 is 2.71 bits per heavy atom. The van der Waals surface area contributed by atoms with E-state index in [1.54, 1.807) is 12.1 Å². The third-order valence-corrected chi connectivity index (χ3v) is 2.84. The fourth-order valence-corrected chi connectivity index (χ4v) is 2.09. The van der Waals surface area contributed by atoms with Crippen molar-refractivity contribution < 1.29 is 13.9 Å². The molecule has 0 unspecified atom stereocenters. The van der Waals surface area contributed by atoms with Crippen molar-refractivity contribution in [2.75, 3.05) is 6.79 Å². The predicted octanol–water partition coefficient (Wildman–Crippen LogP) is 2.47. The smallest absolute Gasteiger partial charge is 0.336 e. The number of fused-ring (bicyclic) bond motifs is 2. The molecule has 0 aliphatic carbocycles. The molecule has 0 atom stereocenters. The quantitative estimate of drug-likeness (QED) is 0.746. The minimum Gasteiger partial charge on any atom is -0.454 e. The SMILES string of the molecule is CCCc1cc(=O)oc2cc3c(cc12)OCO3. The molecule has 3 rings (SSSR count). The highest BCUT2D eigenvalue weighted by Gasteiger charge is 2.17. The summed E-state index contributed by atoms with van der Waals surface area (Å²) in [6.07, 6.45) is 1.83. The molecule has 88 valence electrons. The monoisotopic (exact) mass is 232 g/mol. The molecule has 0 bridgehead atoms. The molecule has 4 nitrogen and oxygen atoms in total. The van der Waals surface area contributed by atoms with Crippen LogP contribution in [0.15, 0.2) is 27.4 Å². The minimum atomic E-state index is -0.320. The van der Waals surface area contributed by atoms with E-state index in [0.29, 0.717) is 17.1 Å². The molecule has 1 aliphatic heterocycles. The van der Waals surface area contributed by atoms with Crippen LogP contribution in [-0.2, 0) is 6.42 Å².